The molecule has 0 saturated carbocycles. The maximum Gasteiger partial charge on any atom is 0.389 e. The maximum atomic E-state index is 13.5. The van der Waals surface area contributed by atoms with Crippen LogP contribution in [0, 0.1) is 13.8 Å². The van der Waals surface area contributed by atoms with E-state index in [4.69, 9.17) is 9.51 Å². The molecule has 0 aromatic carbocycles. The Kier molecular flexibility index (Phi) is 5.66. The van der Waals surface area contributed by atoms with Gasteiger partial charge in [0, 0.05) is 37.8 Å². The zero-order chi connectivity index (χ0) is 26.9. The molecule has 0 bridgehead atoms. The van der Waals surface area contributed by atoms with Crippen LogP contribution in [0.5, 0.6) is 0 Å². The molecule has 5 aromatic heterocycles. The van der Waals surface area contributed by atoms with E-state index in [2.05, 4.69) is 20.6 Å². The average Bonchev–Trinajstić information content (AvgIpc) is 3.53. The van der Waals surface area contributed by atoms with Crippen molar-refractivity contribution in [2.45, 2.75) is 58.4 Å². The Labute approximate surface area is 209 Å². The van der Waals surface area contributed by atoms with Crippen LogP contribution >= 0.6 is 0 Å². The van der Waals surface area contributed by atoms with Crippen LogP contribution in [0.15, 0.2) is 23.0 Å². The number of fused-ring (bicyclic) bond motifs is 3. The van der Waals surface area contributed by atoms with Crippen LogP contribution in [-0.4, -0.2) is 50.8 Å². The van der Waals surface area contributed by atoms with Gasteiger partial charge in [-0.3, -0.25) is 9.67 Å². The summed E-state index contributed by atoms with van der Waals surface area (Å²) in [6, 6.07) is 1.05. The third-order valence-corrected chi connectivity index (χ3v) is 6.62. The molecule has 0 aliphatic heterocycles. The lowest BCUT2D eigenvalue weighted by molar-refractivity contribution is -0.136. The van der Waals surface area contributed by atoms with Crippen molar-refractivity contribution < 1.29 is 22.8 Å². The van der Waals surface area contributed by atoms with E-state index in [1.807, 2.05) is 13.0 Å². The van der Waals surface area contributed by atoms with E-state index in [9.17, 15) is 18.3 Å². The largest absolute Gasteiger partial charge is 0.389 e. The number of rotatable bonds is 6. The lowest BCUT2D eigenvalue weighted by atomic mass is 10.0. The second-order valence-electron chi connectivity index (χ2n) is 9.86. The molecule has 0 radical (unpaired) electrons. The summed E-state index contributed by atoms with van der Waals surface area (Å²) in [6.45, 7) is 6.70. The van der Waals surface area contributed by atoms with Crippen LogP contribution in [0.2, 0.25) is 0 Å². The van der Waals surface area contributed by atoms with Gasteiger partial charge in [0.15, 0.2) is 0 Å². The van der Waals surface area contributed by atoms with Crippen molar-refractivity contribution in [1.82, 2.24) is 39.5 Å². The SMILES string of the molecule is Cc1nocc1C(CCC(F)(F)F)n1c2cc(-c3c(C)nnn3C)cnc2c2c1c(C(C)(C)O)nn2C. The number of halogens is 3. The van der Waals surface area contributed by atoms with Gasteiger partial charge < -0.3 is 14.2 Å². The molecule has 0 saturated heterocycles. The Morgan fingerprint density at radius 1 is 1.08 bits per heavy atom. The van der Waals surface area contributed by atoms with Gasteiger partial charge in [0.25, 0.3) is 0 Å². The smallest absolute Gasteiger partial charge is 0.384 e. The van der Waals surface area contributed by atoms with Gasteiger partial charge in [-0.25, -0.2) is 4.68 Å². The fourth-order valence-electron chi connectivity index (χ4n) is 5.01. The molecule has 196 valence electrons. The van der Waals surface area contributed by atoms with Gasteiger partial charge in [-0.2, -0.15) is 18.3 Å². The van der Waals surface area contributed by atoms with E-state index in [0.29, 0.717) is 50.3 Å². The molecular weight excluding hydrogens is 489 g/mol. The molecule has 10 nitrogen and oxygen atoms in total. The third-order valence-electron chi connectivity index (χ3n) is 6.62. The quantitative estimate of drug-likeness (QED) is 0.354. The number of aryl methyl sites for hydroxylation is 4. The van der Waals surface area contributed by atoms with Crippen LogP contribution in [-0.2, 0) is 19.7 Å². The minimum Gasteiger partial charge on any atom is -0.384 e. The standard InChI is InChI=1S/C24H27F3N8O2/c1-12-15(11-37-31-12)16(7-8-24(25,26)27)35-17-9-14(19-13(2)29-32-34(19)6)10-28-18(17)20-21(35)22(23(3,4)36)30-33(20)5/h9-11,16,36H,7-8H2,1-6H3. The summed E-state index contributed by atoms with van der Waals surface area (Å²) in [5.74, 6) is 0. The topological polar surface area (TPSA) is 113 Å². The summed E-state index contributed by atoms with van der Waals surface area (Å²) in [6.07, 6.45) is -2.62. The van der Waals surface area contributed by atoms with E-state index in [0.717, 1.165) is 5.69 Å². The highest BCUT2D eigenvalue weighted by Crippen LogP contribution is 2.42. The van der Waals surface area contributed by atoms with Crippen LogP contribution in [0.4, 0.5) is 13.2 Å². The van der Waals surface area contributed by atoms with Crippen LogP contribution in [0.1, 0.15) is 55.4 Å². The van der Waals surface area contributed by atoms with Gasteiger partial charge in [0.2, 0.25) is 0 Å². The van der Waals surface area contributed by atoms with Crippen molar-refractivity contribution in [3.05, 3.63) is 41.2 Å². The molecule has 0 aliphatic carbocycles. The molecule has 5 rings (SSSR count). The first-order chi connectivity index (χ1) is 17.3. The van der Waals surface area contributed by atoms with Gasteiger partial charge in [0.05, 0.1) is 34.2 Å². The van der Waals surface area contributed by atoms with E-state index >= 15 is 0 Å². The van der Waals surface area contributed by atoms with Crippen LogP contribution in [0.25, 0.3) is 33.3 Å². The minimum absolute atomic E-state index is 0.277. The second-order valence-corrected chi connectivity index (χ2v) is 9.86. The molecular formula is C24H27F3N8O2. The Bertz CT molecular complexity index is 1600. The summed E-state index contributed by atoms with van der Waals surface area (Å²) in [4.78, 5) is 4.73. The molecule has 0 spiro atoms. The summed E-state index contributed by atoms with van der Waals surface area (Å²) in [5.41, 5.74) is 4.30. The molecule has 5 heterocycles. The van der Waals surface area contributed by atoms with E-state index in [-0.39, 0.29) is 6.42 Å². The molecule has 0 fully saturated rings. The van der Waals surface area contributed by atoms with Crippen LogP contribution in [0.3, 0.4) is 0 Å². The van der Waals surface area contributed by atoms with E-state index < -0.39 is 24.2 Å². The highest BCUT2D eigenvalue weighted by molar-refractivity contribution is 6.06. The predicted molar refractivity (Wildman–Crippen MR) is 129 cm³/mol. The zero-order valence-electron chi connectivity index (χ0n) is 21.3. The van der Waals surface area contributed by atoms with Crippen molar-refractivity contribution in [2.75, 3.05) is 0 Å². The lowest BCUT2D eigenvalue weighted by Gasteiger charge is -2.23. The van der Waals surface area contributed by atoms with E-state index in [1.54, 1.807) is 55.0 Å². The number of alkyl halides is 3. The number of pyridine rings is 1. The molecule has 1 N–H and O–H groups in total. The van der Waals surface area contributed by atoms with Crippen molar-refractivity contribution in [3.8, 4) is 11.3 Å². The van der Waals surface area contributed by atoms with Crippen molar-refractivity contribution in [3.63, 3.8) is 0 Å². The fraction of sp³-hybridized carbons (Fsp3) is 0.458. The zero-order valence-corrected chi connectivity index (χ0v) is 21.3. The molecule has 1 atom stereocenters. The Hall–Kier alpha value is -3.74. The van der Waals surface area contributed by atoms with Crippen molar-refractivity contribution in [1.29, 1.82) is 0 Å². The van der Waals surface area contributed by atoms with Gasteiger partial charge in [-0.1, -0.05) is 10.4 Å². The summed E-state index contributed by atoms with van der Waals surface area (Å²) >= 11 is 0. The number of hydrogen-bond acceptors (Lipinski definition) is 7. The van der Waals surface area contributed by atoms with Crippen molar-refractivity contribution >= 4 is 22.1 Å². The fourth-order valence-corrected chi connectivity index (χ4v) is 5.01. The van der Waals surface area contributed by atoms with Crippen LogP contribution < -0.4 is 0 Å². The first-order valence-corrected chi connectivity index (χ1v) is 11.7. The summed E-state index contributed by atoms with van der Waals surface area (Å²) in [7, 11) is 3.49. The highest BCUT2D eigenvalue weighted by atomic mass is 19.4. The number of aliphatic hydroxyl groups is 1. The Balaban J connectivity index is 1.89. The summed E-state index contributed by atoms with van der Waals surface area (Å²) in [5, 5.41) is 27.7. The average molecular weight is 517 g/mol. The Morgan fingerprint density at radius 2 is 1.81 bits per heavy atom. The first-order valence-electron chi connectivity index (χ1n) is 11.7. The predicted octanol–water partition coefficient (Wildman–Crippen LogP) is 4.48. The summed E-state index contributed by atoms with van der Waals surface area (Å²) < 4.78 is 50.7. The molecule has 1 unspecified atom stereocenters. The first kappa shape index (κ1) is 24.9. The molecule has 0 amide bonds. The second kappa shape index (κ2) is 8.40. The normalized spacial score (nSPS) is 13.8. The number of nitrogens with zero attached hydrogens (tertiary/aromatic N) is 8. The lowest BCUT2D eigenvalue weighted by Crippen LogP contribution is -2.21. The Morgan fingerprint density at radius 3 is 2.38 bits per heavy atom. The minimum atomic E-state index is -4.37. The van der Waals surface area contributed by atoms with Gasteiger partial charge in [0.1, 0.15) is 28.6 Å². The number of aromatic nitrogens is 8. The van der Waals surface area contributed by atoms with Gasteiger partial charge >= 0.3 is 6.18 Å². The highest BCUT2D eigenvalue weighted by Gasteiger charge is 2.35. The number of hydrogen-bond donors (Lipinski definition) is 1. The van der Waals surface area contributed by atoms with E-state index in [1.165, 1.54) is 6.26 Å². The molecule has 5 aromatic rings. The third kappa shape index (κ3) is 4.16. The van der Waals surface area contributed by atoms with Crippen molar-refractivity contribution in [2.24, 2.45) is 14.1 Å². The van der Waals surface area contributed by atoms with Gasteiger partial charge in [-0.15, -0.1) is 5.10 Å². The molecule has 0 aliphatic rings. The monoisotopic (exact) mass is 516 g/mol. The van der Waals surface area contributed by atoms with Gasteiger partial charge in [-0.05, 0) is 40.2 Å². The maximum absolute atomic E-state index is 13.5. The molecule has 37 heavy (non-hydrogen) atoms. The molecule has 13 heteroatoms.